The van der Waals surface area contributed by atoms with Gasteiger partial charge < -0.3 is 9.97 Å². The lowest BCUT2D eigenvalue weighted by Gasteiger charge is -2.16. The van der Waals surface area contributed by atoms with Gasteiger partial charge in [-0.2, -0.15) is 33.7 Å². The third-order valence-electron chi connectivity index (χ3n) is 10.4. The Kier molecular flexibility index (Phi) is 10.2. The quantitative estimate of drug-likeness (QED) is 0.0787. The number of aromatic amines is 2. The molecule has 0 unspecified atom stereocenters. The van der Waals surface area contributed by atoms with E-state index in [1.165, 1.54) is 84.9 Å². The number of nitrogens with zero attached hydrogens (tertiary/aromatic N) is 2. The van der Waals surface area contributed by atoms with Crippen LogP contribution in [-0.4, -0.2) is 71.8 Å². The van der Waals surface area contributed by atoms with E-state index in [0.717, 1.165) is 24.3 Å². The lowest BCUT2D eigenvalue weighted by molar-refractivity contribution is 0.481. The first kappa shape index (κ1) is 42.4. The van der Waals surface area contributed by atoms with Gasteiger partial charge in [0.1, 0.15) is 19.6 Å². The highest BCUT2D eigenvalue weighted by Crippen LogP contribution is 2.49. The molecule has 0 aliphatic carbocycles. The molecule has 64 heavy (non-hydrogen) atoms. The van der Waals surface area contributed by atoms with Crippen molar-refractivity contribution >= 4 is 86.3 Å². The van der Waals surface area contributed by atoms with Crippen molar-refractivity contribution in [2.45, 2.75) is 19.6 Å². The van der Waals surface area contributed by atoms with Crippen LogP contribution < -0.4 is 0 Å². The molecule has 7 aromatic rings. The smallest absolute Gasteiger partial charge is 0.295 e. The van der Waals surface area contributed by atoms with Crippen molar-refractivity contribution in [3.05, 3.63) is 156 Å². The molecule has 0 fully saturated rings. The van der Waals surface area contributed by atoms with E-state index in [0.29, 0.717) is 16.7 Å². The average molecular weight is 935 g/mol. The highest BCUT2D eigenvalue weighted by Gasteiger charge is 2.32. The molecule has 0 atom stereocenters. The molecule has 2 aliphatic rings. The average Bonchev–Trinajstić information content (AvgIpc) is 4.04. The van der Waals surface area contributed by atoms with Crippen molar-refractivity contribution in [3.8, 4) is 33.4 Å². The van der Waals surface area contributed by atoms with E-state index in [9.17, 15) is 51.9 Å². The van der Waals surface area contributed by atoms with E-state index in [4.69, 9.17) is 9.97 Å². The summed E-state index contributed by atoms with van der Waals surface area (Å²) in [6.45, 7) is 0. The second-order valence-electron chi connectivity index (χ2n) is 14.5. The van der Waals surface area contributed by atoms with Crippen LogP contribution in [0.15, 0.2) is 147 Å². The van der Waals surface area contributed by atoms with Crippen LogP contribution in [0.25, 0.3) is 79.2 Å². The van der Waals surface area contributed by atoms with Crippen molar-refractivity contribution in [1.29, 1.82) is 0 Å². The summed E-state index contributed by atoms with van der Waals surface area (Å²) in [6.07, 6.45) is 4.80. The van der Waals surface area contributed by atoms with Crippen LogP contribution in [0, 0.1) is 0 Å². The molecule has 0 spiro atoms. The maximum absolute atomic E-state index is 13.4. The number of H-pyrrole nitrogens is 2. The normalized spacial score (nSPS) is 13.2. The largest absolute Gasteiger partial charge is 0.355 e. The lowest BCUT2D eigenvalue weighted by atomic mass is 9.91. The second kappa shape index (κ2) is 15.4. The molecule has 0 saturated carbocycles. The van der Waals surface area contributed by atoms with Crippen LogP contribution >= 0.6 is 0 Å². The lowest BCUT2D eigenvalue weighted by Crippen LogP contribution is -2.05. The molecule has 6 N–H and O–H groups in total. The van der Waals surface area contributed by atoms with Gasteiger partial charge in [0.15, 0.2) is 0 Å². The fourth-order valence-corrected chi connectivity index (χ4v) is 10.7. The monoisotopic (exact) mass is 934 g/mol. The van der Waals surface area contributed by atoms with Crippen LogP contribution in [0.2, 0.25) is 0 Å². The number of hydrogen-bond acceptors (Lipinski definition) is 10. The number of aromatic nitrogens is 4. The molecule has 5 heterocycles. The molecule has 4 aromatic carbocycles. The summed E-state index contributed by atoms with van der Waals surface area (Å²) in [4.78, 5) is 13.6. The van der Waals surface area contributed by atoms with Crippen molar-refractivity contribution < 1.29 is 51.9 Å². The first-order valence-electron chi connectivity index (χ1n) is 18.7. The summed E-state index contributed by atoms with van der Waals surface area (Å²) >= 11 is 0. The predicted molar refractivity (Wildman–Crippen MR) is 239 cm³/mol. The highest BCUT2D eigenvalue weighted by atomic mass is 32.2. The topological polar surface area (TPSA) is 275 Å². The highest BCUT2D eigenvalue weighted by molar-refractivity contribution is 7.86. The van der Waals surface area contributed by atoms with Gasteiger partial charge in [-0.25, -0.2) is 9.97 Å². The van der Waals surface area contributed by atoms with Gasteiger partial charge in [0.2, 0.25) is 0 Å². The van der Waals surface area contributed by atoms with E-state index >= 15 is 0 Å². The Morgan fingerprint density at radius 3 is 1.31 bits per heavy atom. The Morgan fingerprint density at radius 2 is 0.812 bits per heavy atom. The molecule has 20 heteroatoms. The minimum absolute atomic E-state index is 0.00482. The zero-order valence-corrected chi connectivity index (χ0v) is 35.7. The molecular weight excluding hydrogens is 905 g/mol. The van der Waals surface area contributed by atoms with Gasteiger partial charge in [-0.05, 0) is 72.8 Å². The Bertz CT molecular complexity index is 3860. The van der Waals surface area contributed by atoms with Crippen LogP contribution in [-0.2, 0) is 40.5 Å². The van der Waals surface area contributed by atoms with Crippen molar-refractivity contribution in [2.24, 2.45) is 0 Å². The van der Waals surface area contributed by atoms with Gasteiger partial charge in [0, 0.05) is 61.1 Å². The number of rotatable bonds is 8. The summed E-state index contributed by atoms with van der Waals surface area (Å²) in [5.41, 5.74) is 0.215. The fourth-order valence-electron chi connectivity index (χ4n) is 7.88. The number of fused-ring (bicyclic) bond motifs is 8. The molecule has 0 saturated heterocycles. The van der Waals surface area contributed by atoms with Gasteiger partial charge in [-0.1, -0.05) is 72.8 Å². The molecule has 2 aliphatic heterocycles. The number of nitrogens with one attached hydrogen (secondary N) is 2. The van der Waals surface area contributed by atoms with Gasteiger partial charge in [0.05, 0.1) is 28.3 Å². The fraction of sp³-hybridized carbons (Fsp3) is 0. The zero-order chi connectivity index (χ0) is 45.3. The van der Waals surface area contributed by atoms with Crippen LogP contribution in [0.4, 0.5) is 0 Å². The summed E-state index contributed by atoms with van der Waals surface area (Å²) in [7, 11) is -20.3. The SMILES string of the molecule is O=S(=O)(O)c1ccccc1C1=Cc2cc3ccc(cc4nc(cc5[nH]c(c(-c6ccccc6S(=O)(=O)O)c1n2)c(-c1ccccc1S(=O)(=O)O)c5-c1ccccc1S(=O)(=O)O)C=C4)[nH]3. The Morgan fingerprint density at radius 1 is 0.406 bits per heavy atom. The van der Waals surface area contributed by atoms with Crippen LogP contribution in [0.1, 0.15) is 28.3 Å². The first-order valence-corrected chi connectivity index (χ1v) is 24.5. The van der Waals surface area contributed by atoms with E-state index < -0.39 is 60.1 Å². The third-order valence-corrected chi connectivity index (χ3v) is 14.0. The molecule has 0 radical (unpaired) electrons. The molecule has 322 valence electrons. The molecule has 16 nitrogen and oxygen atoms in total. The van der Waals surface area contributed by atoms with Crippen molar-refractivity contribution in [1.82, 2.24) is 19.9 Å². The summed E-state index contributed by atoms with van der Waals surface area (Å²) in [5.74, 6) is 0. The summed E-state index contributed by atoms with van der Waals surface area (Å²) < 4.78 is 149. The van der Waals surface area contributed by atoms with Crippen molar-refractivity contribution in [3.63, 3.8) is 0 Å². The van der Waals surface area contributed by atoms with Crippen molar-refractivity contribution in [2.75, 3.05) is 0 Å². The van der Waals surface area contributed by atoms with E-state index in [-0.39, 0.29) is 72.6 Å². The Hall–Kier alpha value is -6.88. The maximum atomic E-state index is 13.4. The minimum Gasteiger partial charge on any atom is -0.355 e. The van der Waals surface area contributed by atoms with Gasteiger partial charge in [-0.3, -0.25) is 18.2 Å². The molecule has 3 aromatic heterocycles. The molecule has 8 bridgehead atoms. The minimum atomic E-state index is -5.15. The van der Waals surface area contributed by atoms with E-state index in [2.05, 4.69) is 9.97 Å². The molecular formula is C44H30N4O12S4. The van der Waals surface area contributed by atoms with Crippen LogP contribution in [0.5, 0.6) is 0 Å². The molecule has 9 rings (SSSR count). The maximum Gasteiger partial charge on any atom is 0.295 e. The predicted octanol–water partition coefficient (Wildman–Crippen LogP) is 8.06. The van der Waals surface area contributed by atoms with Gasteiger partial charge in [0.25, 0.3) is 40.5 Å². The summed E-state index contributed by atoms with van der Waals surface area (Å²) in [5, 5.41) is 0. The standard InChI is InChI=1S/C44H30N4O12S4/c49-61(50,51)36-13-5-1-9-30(36)34-23-29-22-27-18-17-25(45-27)21-26-19-20-28(46-26)24-35-40(31-10-2-6-14-37(31)62(52,53)54)41(32-11-3-7-15-38(32)63(55,56)57)44(48-35)42(43(34)47-29)33-12-4-8-16-39(33)64(58,59)60/h1-24,45,48H,(H,49,50,51)(H,52,53,54)(H,55,56,57)(H,58,59,60). The van der Waals surface area contributed by atoms with Gasteiger partial charge >= 0.3 is 0 Å². The Balaban J connectivity index is 1.66. The molecule has 0 amide bonds. The number of benzene rings is 4. The van der Waals surface area contributed by atoms with E-state index in [1.54, 1.807) is 36.4 Å². The van der Waals surface area contributed by atoms with Gasteiger partial charge in [-0.15, -0.1) is 0 Å². The third kappa shape index (κ3) is 7.88. The second-order valence-corrected chi connectivity index (χ2v) is 20.0. The summed E-state index contributed by atoms with van der Waals surface area (Å²) in [6, 6.07) is 29.2. The van der Waals surface area contributed by atoms with Crippen LogP contribution in [0.3, 0.4) is 0 Å². The first-order chi connectivity index (χ1) is 30.3. The Labute approximate surface area is 365 Å². The number of hydrogen-bond donors (Lipinski definition) is 6. The van der Waals surface area contributed by atoms with E-state index in [1.807, 2.05) is 0 Å². The zero-order valence-electron chi connectivity index (χ0n) is 32.4.